The van der Waals surface area contributed by atoms with Crippen molar-refractivity contribution in [2.45, 2.75) is 12.5 Å². The largest absolute Gasteiger partial charge is 0.313 e. The van der Waals surface area contributed by atoms with Crippen LogP contribution in [-0.2, 0) is 6.42 Å². The summed E-state index contributed by atoms with van der Waals surface area (Å²) in [7, 11) is 2.02. The molecule has 106 valence electrons. The second-order valence-corrected chi connectivity index (χ2v) is 6.20. The Hall–Kier alpha value is -1.64. The van der Waals surface area contributed by atoms with E-state index in [9.17, 15) is 0 Å². The summed E-state index contributed by atoms with van der Waals surface area (Å²) in [6.07, 6.45) is 0.984. The molecule has 3 aromatic rings. The molecule has 3 rings (SSSR count). The number of benzene rings is 3. The smallest absolute Gasteiger partial charge is 0.0358 e. The molecule has 1 unspecified atom stereocenters. The number of halogens is 1. The van der Waals surface area contributed by atoms with Gasteiger partial charge in [0.05, 0.1) is 0 Å². The highest BCUT2D eigenvalue weighted by atomic mass is 79.9. The zero-order valence-corrected chi connectivity index (χ0v) is 13.6. The van der Waals surface area contributed by atoms with E-state index in [1.165, 1.54) is 21.9 Å². The molecule has 1 N–H and O–H groups in total. The highest BCUT2D eigenvalue weighted by Gasteiger charge is 2.10. The van der Waals surface area contributed by atoms with Crippen LogP contribution in [0.1, 0.15) is 17.2 Å². The number of fused-ring (bicyclic) bond motifs is 1. The van der Waals surface area contributed by atoms with Gasteiger partial charge in [0.2, 0.25) is 0 Å². The monoisotopic (exact) mass is 339 g/mol. The Morgan fingerprint density at radius 2 is 1.71 bits per heavy atom. The molecule has 0 heterocycles. The zero-order valence-electron chi connectivity index (χ0n) is 12.0. The van der Waals surface area contributed by atoms with Gasteiger partial charge in [-0.2, -0.15) is 0 Å². The van der Waals surface area contributed by atoms with Gasteiger partial charge in [0, 0.05) is 10.5 Å². The molecule has 0 aliphatic heterocycles. The van der Waals surface area contributed by atoms with Crippen molar-refractivity contribution in [3.05, 3.63) is 82.3 Å². The third-order valence-electron chi connectivity index (χ3n) is 3.85. The molecule has 0 aromatic heterocycles. The Labute approximate surface area is 134 Å². The van der Waals surface area contributed by atoms with Crippen molar-refractivity contribution < 1.29 is 0 Å². The van der Waals surface area contributed by atoms with Crippen LogP contribution >= 0.6 is 15.9 Å². The summed E-state index contributed by atoms with van der Waals surface area (Å²) in [6, 6.07) is 24.1. The predicted octanol–water partition coefficient (Wildman–Crippen LogP) is 5.11. The summed E-state index contributed by atoms with van der Waals surface area (Å²) in [5.74, 6) is 0. The number of hydrogen-bond donors (Lipinski definition) is 1. The van der Waals surface area contributed by atoms with E-state index in [0.29, 0.717) is 6.04 Å². The molecule has 1 atom stereocenters. The van der Waals surface area contributed by atoms with Crippen LogP contribution in [0, 0.1) is 0 Å². The lowest BCUT2D eigenvalue weighted by Gasteiger charge is -2.17. The van der Waals surface area contributed by atoms with Crippen LogP contribution in [-0.4, -0.2) is 7.05 Å². The van der Waals surface area contributed by atoms with Crippen molar-refractivity contribution in [2.24, 2.45) is 0 Å². The summed E-state index contributed by atoms with van der Waals surface area (Å²) in [5, 5.41) is 6.02. The molecule has 0 radical (unpaired) electrons. The third-order valence-corrected chi connectivity index (χ3v) is 4.35. The molecular formula is C19H18BrN. The van der Waals surface area contributed by atoms with Gasteiger partial charge < -0.3 is 5.32 Å². The lowest BCUT2D eigenvalue weighted by atomic mass is 9.97. The van der Waals surface area contributed by atoms with Crippen molar-refractivity contribution >= 4 is 26.7 Å². The van der Waals surface area contributed by atoms with Gasteiger partial charge in [-0.15, -0.1) is 0 Å². The summed E-state index contributed by atoms with van der Waals surface area (Å²) >= 11 is 3.55. The van der Waals surface area contributed by atoms with Gasteiger partial charge in [0.25, 0.3) is 0 Å². The Bertz CT molecular complexity index is 751. The Morgan fingerprint density at radius 1 is 0.905 bits per heavy atom. The number of nitrogens with one attached hydrogen (secondary N) is 1. The second-order valence-electron chi connectivity index (χ2n) is 5.28. The molecule has 0 spiro atoms. The van der Waals surface area contributed by atoms with Gasteiger partial charge in [0.1, 0.15) is 0 Å². The maximum Gasteiger partial charge on any atom is 0.0358 e. The summed E-state index contributed by atoms with van der Waals surface area (Å²) in [4.78, 5) is 0. The Kier molecular flexibility index (Phi) is 4.37. The lowest BCUT2D eigenvalue weighted by molar-refractivity contribution is 0.592. The average Bonchev–Trinajstić information content (AvgIpc) is 2.52. The minimum atomic E-state index is 0.323. The first kappa shape index (κ1) is 14.3. The van der Waals surface area contributed by atoms with Gasteiger partial charge in [-0.05, 0) is 47.5 Å². The molecular weight excluding hydrogens is 322 g/mol. The molecule has 0 saturated heterocycles. The van der Waals surface area contributed by atoms with Gasteiger partial charge in [0.15, 0.2) is 0 Å². The highest BCUT2D eigenvalue weighted by Crippen LogP contribution is 2.23. The summed E-state index contributed by atoms with van der Waals surface area (Å²) in [5.41, 5.74) is 2.66. The fourth-order valence-corrected chi connectivity index (χ4v) is 3.13. The molecule has 0 amide bonds. The normalized spacial score (nSPS) is 12.5. The molecule has 0 aliphatic carbocycles. The molecule has 21 heavy (non-hydrogen) atoms. The minimum absolute atomic E-state index is 0.323. The van der Waals surface area contributed by atoms with E-state index in [0.717, 1.165) is 10.9 Å². The van der Waals surface area contributed by atoms with E-state index in [1.54, 1.807) is 0 Å². The average molecular weight is 340 g/mol. The third kappa shape index (κ3) is 3.34. The maximum atomic E-state index is 3.55. The van der Waals surface area contributed by atoms with E-state index in [2.05, 4.69) is 88.0 Å². The number of hydrogen-bond acceptors (Lipinski definition) is 1. The van der Waals surface area contributed by atoms with Crippen LogP contribution in [0.25, 0.3) is 10.8 Å². The first-order valence-corrected chi connectivity index (χ1v) is 7.96. The zero-order chi connectivity index (χ0) is 14.7. The van der Waals surface area contributed by atoms with E-state index in [-0.39, 0.29) is 0 Å². The van der Waals surface area contributed by atoms with Gasteiger partial charge in [-0.1, -0.05) is 70.5 Å². The molecule has 3 aromatic carbocycles. The van der Waals surface area contributed by atoms with Crippen LogP contribution in [0.2, 0.25) is 0 Å². The SMILES string of the molecule is CNC(Cc1ccc2ccccc2c1)c1cccc(Br)c1. The van der Waals surface area contributed by atoms with Gasteiger partial charge in [-0.3, -0.25) is 0 Å². The first-order chi connectivity index (χ1) is 10.3. The molecule has 0 aliphatic rings. The quantitative estimate of drug-likeness (QED) is 0.696. The molecule has 0 fully saturated rings. The Balaban J connectivity index is 1.88. The van der Waals surface area contributed by atoms with Crippen molar-refractivity contribution in [1.82, 2.24) is 5.32 Å². The molecule has 1 nitrogen and oxygen atoms in total. The summed E-state index contributed by atoms with van der Waals surface area (Å²) in [6.45, 7) is 0. The first-order valence-electron chi connectivity index (χ1n) is 7.16. The van der Waals surface area contributed by atoms with Crippen LogP contribution in [0.4, 0.5) is 0 Å². The van der Waals surface area contributed by atoms with Crippen molar-refractivity contribution in [3.8, 4) is 0 Å². The van der Waals surface area contributed by atoms with E-state index in [1.807, 2.05) is 7.05 Å². The standard InChI is InChI=1S/C19H18BrN/c1-21-19(17-7-4-8-18(20)13-17)12-14-9-10-15-5-2-3-6-16(15)11-14/h2-11,13,19,21H,12H2,1H3. The Morgan fingerprint density at radius 3 is 2.48 bits per heavy atom. The molecule has 0 bridgehead atoms. The van der Waals surface area contributed by atoms with E-state index in [4.69, 9.17) is 0 Å². The fourth-order valence-electron chi connectivity index (χ4n) is 2.71. The van der Waals surface area contributed by atoms with Gasteiger partial charge in [-0.25, -0.2) is 0 Å². The topological polar surface area (TPSA) is 12.0 Å². The van der Waals surface area contributed by atoms with Crippen LogP contribution < -0.4 is 5.32 Å². The van der Waals surface area contributed by atoms with Crippen LogP contribution in [0.15, 0.2) is 71.2 Å². The van der Waals surface area contributed by atoms with Gasteiger partial charge >= 0.3 is 0 Å². The highest BCUT2D eigenvalue weighted by molar-refractivity contribution is 9.10. The number of likely N-dealkylation sites (N-methyl/N-ethyl adjacent to an activating group) is 1. The predicted molar refractivity (Wildman–Crippen MR) is 93.6 cm³/mol. The van der Waals surface area contributed by atoms with Crippen LogP contribution in [0.5, 0.6) is 0 Å². The molecule has 0 saturated carbocycles. The van der Waals surface area contributed by atoms with Crippen LogP contribution in [0.3, 0.4) is 0 Å². The van der Waals surface area contributed by atoms with Crippen molar-refractivity contribution in [1.29, 1.82) is 0 Å². The van der Waals surface area contributed by atoms with Crippen molar-refractivity contribution in [2.75, 3.05) is 7.05 Å². The van der Waals surface area contributed by atoms with E-state index < -0.39 is 0 Å². The summed E-state index contributed by atoms with van der Waals surface area (Å²) < 4.78 is 1.12. The molecule has 2 heteroatoms. The van der Waals surface area contributed by atoms with E-state index >= 15 is 0 Å². The lowest BCUT2D eigenvalue weighted by Crippen LogP contribution is -2.18. The number of rotatable bonds is 4. The fraction of sp³-hybridized carbons (Fsp3) is 0.158. The maximum absolute atomic E-state index is 3.55. The minimum Gasteiger partial charge on any atom is -0.313 e. The van der Waals surface area contributed by atoms with Crippen molar-refractivity contribution in [3.63, 3.8) is 0 Å². The second kappa shape index (κ2) is 6.42.